The van der Waals surface area contributed by atoms with Crippen molar-refractivity contribution in [3.63, 3.8) is 0 Å². The lowest BCUT2D eigenvalue weighted by atomic mass is 10.3. The first-order valence-electron chi connectivity index (χ1n) is 5.96. The van der Waals surface area contributed by atoms with Gasteiger partial charge in [0.1, 0.15) is 5.69 Å². The Balaban J connectivity index is 2.11. The van der Waals surface area contributed by atoms with Crippen LogP contribution in [-0.2, 0) is 13.5 Å². The number of fused-ring (bicyclic) bond motifs is 1. The summed E-state index contributed by atoms with van der Waals surface area (Å²) in [7, 11) is 1.98. The van der Waals surface area contributed by atoms with E-state index in [0.29, 0.717) is 11.6 Å². The van der Waals surface area contributed by atoms with Crippen LogP contribution in [0, 0.1) is 0 Å². The van der Waals surface area contributed by atoms with E-state index >= 15 is 0 Å². The van der Waals surface area contributed by atoms with E-state index in [1.54, 1.807) is 11.3 Å². The molecule has 0 aliphatic heterocycles. The van der Waals surface area contributed by atoms with Crippen LogP contribution in [0.1, 0.15) is 5.01 Å². The second-order valence-corrected chi connectivity index (χ2v) is 5.67. The first-order valence-corrected chi connectivity index (χ1v) is 7.21. The standard InChI is InChI=1S/C13H13ClN4S/c1-18-11-6-8(14)2-3-9(11)17-13(18)10-7-19-12(16-10)4-5-15/h2-3,6-7H,4-5,15H2,1H3. The molecule has 2 heterocycles. The second kappa shape index (κ2) is 4.92. The third-order valence-corrected chi connectivity index (χ3v) is 4.13. The predicted molar refractivity (Wildman–Crippen MR) is 79.6 cm³/mol. The molecule has 1 aromatic carbocycles. The molecule has 2 N–H and O–H groups in total. The number of nitrogens with two attached hydrogens (primary N) is 1. The van der Waals surface area contributed by atoms with Crippen molar-refractivity contribution in [2.45, 2.75) is 6.42 Å². The van der Waals surface area contributed by atoms with E-state index in [0.717, 1.165) is 34.0 Å². The van der Waals surface area contributed by atoms with E-state index in [9.17, 15) is 0 Å². The van der Waals surface area contributed by atoms with Gasteiger partial charge in [-0.3, -0.25) is 0 Å². The maximum Gasteiger partial charge on any atom is 0.160 e. The maximum absolute atomic E-state index is 6.02. The zero-order chi connectivity index (χ0) is 13.4. The summed E-state index contributed by atoms with van der Waals surface area (Å²) in [6, 6.07) is 5.69. The van der Waals surface area contributed by atoms with Crippen LogP contribution in [0.15, 0.2) is 23.6 Å². The molecule has 0 fully saturated rings. The van der Waals surface area contributed by atoms with Crippen LogP contribution >= 0.6 is 22.9 Å². The molecule has 0 atom stereocenters. The van der Waals surface area contributed by atoms with Crippen LogP contribution in [0.25, 0.3) is 22.6 Å². The number of halogens is 1. The quantitative estimate of drug-likeness (QED) is 0.807. The molecule has 0 saturated carbocycles. The highest BCUT2D eigenvalue weighted by atomic mass is 35.5. The Morgan fingerprint density at radius 2 is 2.21 bits per heavy atom. The fourth-order valence-electron chi connectivity index (χ4n) is 2.04. The van der Waals surface area contributed by atoms with Gasteiger partial charge in [0, 0.05) is 23.9 Å². The number of hydrogen-bond donors (Lipinski definition) is 1. The summed E-state index contributed by atoms with van der Waals surface area (Å²) in [5, 5.41) is 3.78. The second-order valence-electron chi connectivity index (χ2n) is 4.29. The molecule has 98 valence electrons. The van der Waals surface area contributed by atoms with Gasteiger partial charge in [0.05, 0.1) is 16.0 Å². The van der Waals surface area contributed by atoms with Crippen LogP contribution in [-0.4, -0.2) is 21.1 Å². The van der Waals surface area contributed by atoms with Crippen molar-refractivity contribution < 1.29 is 0 Å². The van der Waals surface area contributed by atoms with Gasteiger partial charge >= 0.3 is 0 Å². The number of aromatic nitrogens is 3. The summed E-state index contributed by atoms with van der Waals surface area (Å²) in [6.45, 7) is 0.616. The van der Waals surface area contributed by atoms with Gasteiger partial charge in [-0.05, 0) is 24.7 Å². The molecule has 0 aliphatic rings. The molecule has 19 heavy (non-hydrogen) atoms. The molecule has 3 rings (SSSR count). The topological polar surface area (TPSA) is 56.7 Å². The van der Waals surface area contributed by atoms with Gasteiger partial charge in [0.15, 0.2) is 5.82 Å². The fourth-order valence-corrected chi connectivity index (χ4v) is 3.00. The molecule has 3 aromatic rings. The van der Waals surface area contributed by atoms with Crippen LogP contribution in [0.4, 0.5) is 0 Å². The monoisotopic (exact) mass is 292 g/mol. The molecule has 0 bridgehead atoms. The first kappa shape index (κ1) is 12.6. The molecule has 0 saturated heterocycles. The summed E-state index contributed by atoms with van der Waals surface area (Å²) in [4.78, 5) is 9.19. The lowest BCUT2D eigenvalue weighted by Crippen LogP contribution is -2.02. The average Bonchev–Trinajstić information content (AvgIpc) is 2.96. The van der Waals surface area contributed by atoms with Crippen LogP contribution in [0.2, 0.25) is 5.02 Å². The van der Waals surface area contributed by atoms with Crippen molar-refractivity contribution in [2.75, 3.05) is 6.54 Å². The largest absolute Gasteiger partial charge is 0.330 e. The van der Waals surface area contributed by atoms with Gasteiger partial charge in [-0.2, -0.15) is 0 Å². The van der Waals surface area contributed by atoms with Gasteiger partial charge in [0.2, 0.25) is 0 Å². The van der Waals surface area contributed by atoms with E-state index in [2.05, 4.69) is 9.97 Å². The lowest BCUT2D eigenvalue weighted by molar-refractivity contribution is 0.932. The lowest BCUT2D eigenvalue weighted by Gasteiger charge is -1.98. The van der Waals surface area contributed by atoms with Gasteiger partial charge < -0.3 is 10.3 Å². The number of thiazole rings is 1. The summed E-state index contributed by atoms with van der Waals surface area (Å²) >= 11 is 7.64. The first-order chi connectivity index (χ1) is 9.19. The summed E-state index contributed by atoms with van der Waals surface area (Å²) < 4.78 is 2.02. The Labute approximate surface area is 119 Å². The number of nitrogens with zero attached hydrogens (tertiary/aromatic N) is 3. The van der Waals surface area contributed by atoms with E-state index in [4.69, 9.17) is 17.3 Å². The fraction of sp³-hybridized carbons (Fsp3) is 0.231. The van der Waals surface area contributed by atoms with Crippen LogP contribution < -0.4 is 5.73 Å². The Bertz CT molecular complexity index is 731. The van der Waals surface area contributed by atoms with Gasteiger partial charge in [0.25, 0.3) is 0 Å². The minimum Gasteiger partial charge on any atom is -0.330 e. The molecule has 0 aliphatic carbocycles. The van der Waals surface area contributed by atoms with E-state index in [1.165, 1.54) is 0 Å². The third-order valence-electron chi connectivity index (χ3n) is 2.98. The van der Waals surface area contributed by atoms with E-state index < -0.39 is 0 Å². The highest BCUT2D eigenvalue weighted by molar-refractivity contribution is 7.09. The average molecular weight is 293 g/mol. The van der Waals surface area contributed by atoms with Crippen molar-refractivity contribution in [1.29, 1.82) is 0 Å². The molecule has 0 radical (unpaired) electrons. The Morgan fingerprint density at radius 3 is 3.00 bits per heavy atom. The maximum atomic E-state index is 6.02. The van der Waals surface area contributed by atoms with Crippen LogP contribution in [0.3, 0.4) is 0 Å². The number of rotatable bonds is 3. The molecular formula is C13H13ClN4S. The number of aryl methyl sites for hydroxylation is 1. The van der Waals surface area contributed by atoms with E-state index in [1.807, 2.05) is 35.2 Å². The molecule has 4 nitrogen and oxygen atoms in total. The highest BCUT2D eigenvalue weighted by Gasteiger charge is 2.13. The Kier molecular flexibility index (Phi) is 3.26. The molecule has 0 unspecified atom stereocenters. The minimum absolute atomic E-state index is 0.616. The minimum atomic E-state index is 0.616. The third kappa shape index (κ3) is 2.25. The van der Waals surface area contributed by atoms with Crippen molar-refractivity contribution >= 4 is 34.0 Å². The molecule has 0 spiro atoms. The Morgan fingerprint density at radius 1 is 1.37 bits per heavy atom. The normalized spacial score (nSPS) is 11.3. The Hall–Kier alpha value is -1.43. The van der Waals surface area contributed by atoms with Gasteiger partial charge in [-0.1, -0.05) is 11.6 Å². The van der Waals surface area contributed by atoms with Crippen molar-refractivity contribution in [3.8, 4) is 11.5 Å². The SMILES string of the molecule is Cn1c(-c2csc(CCN)n2)nc2ccc(Cl)cc21. The number of hydrogen-bond acceptors (Lipinski definition) is 4. The van der Waals surface area contributed by atoms with E-state index in [-0.39, 0.29) is 0 Å². The molecule has 0 amide bonds. The highest BCUT2D eigenvalue weighted by Crippen LogP contribution is 2.26. The van der Waals surface area contributed by atoms with Crippen molar-refractivity contribution in [3.05, 3.63) is 33.6 Å². The van der Waals surface area contributed by atoms with Gasteiger partial charge in [-0.15, -0.1) is 11.3 Å². The number of imidazole rings is 1. The zero-order valence-electron chi connectivity index (χ0n) is 10.4. The summed E-state index contributed by atoms with van der Waals surface area (Å²) in [6.07, 6.45) is 0.806. The van der Waals surface area contributed by atoms with Gasteiger partial charge in [-0.25, -0.2) is 9.97 Å². The predicted octanol–water partition coefficient (Wildman–Crippen LogP) is 2.85. The van der Waals surface area contributed by atoms with Crippen molar-refractivity contribution in [2.24, 2.45) is 12.8 Å². The summed E-state index contributed by atoms with van der Waals surface area (Å²) in [5.41, 5.74) is 8.38. The molecule has 2 aromatic heterocycles. The molecular weight excluding hydrogens is 280 g/mol. The summed E-state index contributed by atoms with van der Waals surface area (Å²) in [5.74, 6) is 0.858. The van der Waals surface area contributed by atoms with Crippen LogP contribution in [0.5, 0.6) is 0 Å². The smallest absolute Gasteiger partial charge is 0.160 e. The molecule has 6 heteroatoms. The van der Waals surface area contributed by atoms with Crippen molar-refractivity contribution in [1.82, 2.24) is 14.5 Å². The number of benzene rings is 1. The zero-order valence-corrected chi connectivity index (χ0v) is 12.0.